The molecule has 2 aliphatic rings. The molecular formula is C14H17ClN6. The number of nitrogens with zero attached hydrogens (tertiary/aromatic N) is 5. The summed E-state index contributed by atoms with van der Waals surface area (Å²) in [5.41, 5.74) is 0. The fraction of sp³-hybridized carbons (Fsp3) is 0.571. The summed E-state index contributed by atoms with van der Waals surface area (Å²) in [6, 6.07) is 1.82. The van der Waals surface area contributed by atoms with Crippen LogP contribution in [-0.4, -0.2) is 31.3 Å². The van der Waals surface area contributed by atoms with Crippen LogP contribution in [0.3, 0.4) is 0 Å². The number of nitrogens with one attached hydrogen (secondary N) is 1. The largest absolute Gasteiger partial charge is 0.354 e. The van der Waals surface area contributed by atoms with Gasteiger partial charge in [-0.25, -0.2) is 4.68 Å². The summed E-state index contributed by atoms with van der Waals surface area (Å²) in [5.74, 6) is 3.54. The minimum Gasteiger partial charge on any atom is -0.354 e. The molecule has 0 aliphatic heterocycles. The second-order valence-corrected chi connectivity index (χ2v) is 6.33. The topological polar surface area (TPSA) is 68.5 Å². The Labute approximate surface area is 128 Å². The Kier molecular flexibility index (Phi) is 3.25. The van der Waals surface area contributed by atoms with Crippen LogP contribution in [0.1, 0.15) is 25.7 Å². The molecule has 3 atom stereocenters. The van der Waals surface area contributed by atoms with Gasteiger partial charge in [0.2, 0.25) is 11.2 Å². The van der Waals surface area contributed by atoms with Crippen molar-refractivity contribution in [1.29, 1.82) is 0 Å². The second kappa shape index (κ2) is 5.26. The Bertz CT molecular complexity index is 628. The van der Waals surface area contributed by atoms with Gasteiger partial charge < -0.3 is 5.32 Å². The Morgan fingerprint density at radius 1 is 1.24 bits per heavy atom. The molecule has 1 N–H and O–H groups in total. The van der Waals surface area contributed by atoms with E-state index in [4.69, 9.17) is 11.6 Å². The maximum Gasteiger partial charge on any atom is 0.256 e. The molecule has 21 heavy (non-hydrogen) atoms. The van der Waals surface area contributed by atoms with Gasteiger partial charge in [-0.2, -0.15) is 20.1 Å². The third-order valence-electron chi connectivity index (χ3n) is 4.71. The number of aromatic nitrogens is 5. The van der Waals surface area contributed by atoms with Crippen LogP contribution in [0.15, 0.2) is 18.5 Å². The molecule has 2 aromatic rings. The van der Waals surface area contributed by atoms with Crippen LogP contribution in [-0.2, 0) is 0 Å². The van der Waals surface area contributed by atoms with E-state index in [1.54, 1.807) is 17.1 Å². The van der Waals surface area contributed by atoms with E-state index in [9.17, 15) is 0 Å². The SMILES string of the molecule is Clc1nc(NCC2CC3CCC2C3)nc(-n2cccn2)n1. The highest BCUT2D eigenvalue weighted by Gasteiger charge is 2.39. The average molecular weight is 305 g/mol. The van der Waals surface area contributed by atoms with Crippen molar-refractivity contribution in [2.75, 3.05) is 11.9 Å². The highest BCUT2D eigenvalue weighted by Crippen LogP contribution is 2.48. The van der Waals surface area contributed by atoms with E-state index in [2.05, 4.69) is 25.4 Å². The van der Waals surface area contributed by atoms with Gasteiger partial charge in [-0.3, -0.25) is 0 Å². The van der Waals surface area contributed by atoms with E-state index < -0.39 is 0 Å². The standard InChI is InChI=1S/C14H17ClN6/c15-12-18-13(20-14(19-12)21-5-1-4-17-21)16-8-11-7-9-2-3-10(11)6-9/h1,4-5,9-11H,2-3,6-8H2,(H,16,18,19,20). The number of hydrogen-bond donors (Lipinski definition) is 1. The molecule has 6 nitrogen and oxygen atoms in total. The lowest BCUT2D eigenvalue weighted by Gasteiger charge is -2.21. The fourth-order valence-corrected chi connectivity index (χ4v) is 3.91. The molecule has 2 fully saturated rings. The number of anilines is 1. The Morgan fingerprint density at radius 2 is 2.19 bits per heavy atom. The van der Waals surface area contributed by atoms with Crippen LogP contribution >= 0.6 is 11.6 Å². The van der Waals surface area contributed by atoms with Crippen LogP contribution in [0, 0.1) is 17.8 Å². The quantitative estimate of drug-likeness (QED) is 0.940. The van der Waals surface area contributed by atoms with Crippen molar-refractivity contribution in [2.45, 2.75) is 25.7 Å². The summed E-state index contributed by atoms with van der Waals surface area (Å²) in [6.45, 7) is 0.917. The lowest BCUT2D eigenvalue weighted by Crippen LogP contribution is -2.21. The maximum atomic E-state index is 5.98. The van der Waals surface area contributed by atoms with Gasteiger partial charge in [-0.05, 0) is 54.7 Å². The molecule has 0 amide bonds. The summed E-state index contributed by atoms with van der Waals surface area (Å²) < 4.78 is 1.58. The number of halogens is 1. The number of fused-ring (bicyclic) bond motifs is 2. The molecule has 110 valence electrons. The van der Waals surface area contributed by atoms with Gasteiger partial charge in [-0.1, -0.05) is 6.42 Å². The van der Waals surface area contributed by atoms with E-state index in [0.717, 1.165) is 24.3 Å². The minimum atomic E-state index is 0.186. The highest BCUT2D eigenvalue weighted by molar-refractivity contribution is 6.28. The molecule has 2 aliphatic carbocycles. The van der Waals surface area contributed by atoms with Gasteiger partial charge >= 0.3 is 0 Å². The number of rotatable bonds is 4. The molecule has 3 unspecified atom stereocenters. The zero-order valence-electron chi connectivity index (χ0n) is 11.6. The Morgan fingerprint density at radius 3 is 2.90 bits per heavy atom. The summed E-state index contributed by atoms with van der Waals surface area (Å²) in [5, 5.41) is 7.63. The van der Waals surface area contributed by atoms with Crippen molar-refractivity contribution in [1.82, 2.24) is 24.7 Å². The second-order valence-electron chi connectivity index (χ2n) is 5.99. The fourth-order valence-electron chi connectivity index (χ4n) is 3.76. The van der Waals surface area contributed by atoms with Crippen LogP contribution in [0.2, 0.25) is 5.28 Å². The zero-order valence-corrected chi connectivity index (χ0v) is 12.4. The van der Waals surface area contributed by atoms with Crippen molar-refractivity contribution in [3.05, 3.63) is 23.7 Å². The molecule has 2 aromatic heterocycles. The minimum absolute atomic E-state index is 0.186. The molecular weight excluding hydrogens is 288 g/mol. The molecule has 0 radical (unpaired) electrons. The van der Waals surface area contributed by atoms with Gasteiger partial charge in [0.25, 0.3) is 5.95 Å². The summed E-state index contributed by atoms with van der Waals surface area (Å²) in [7, 11) is 0. The van der Waals surface area contributed by atoms with Gasteiger partial charge in [-0.15, -0.1) is 0 Å². The molecule has 2 saturated carbocycles. The predicted molar refractivity (Wildman–Crippen MR) is 79.4 cm³/mol. The van der Waals surface area contributed by atoms with E-state index >= 15 is 0 Å². The highest BCUT2D eigenvalue weighted by atomic mass is 35.5. The lowest BCUT2D eigenvalue weighted by atomic mass is 9.89. The molecule has 0 aromatic carbocycles. The lowest BCUT2D eigenvalue weighted by molar-refractivity contribution is 0.348. The third-order valence-corrected chi connectivity index (χ3v) is 4.88. The van der Waals surface area contributed by atoms with Crippen molar-refractivity contribution >= 4 is 17.5 Å². The van der Waals surface area contributed by atoms with E-state index in [1.165, 1.54) is 25.7 Å². The van der Waals surface area contributed by atoms with E-state index in [-0.39, 0.29) is 5.28 Å². The number of hydrogen-bond acceptors (Lipinski definition) is 5. The Hall–Kier alpha value is -1.69. The first-order valence-corrected chi connectivity index (χ1v) is 7.81. The van der Waals surface area contributed by atoms with Crippen LogP contribution in [0.5, 0.6) is 0 Å². The predicted octanol–water partition coefficient (Wildman–Crippen LogP) is 2.56. The van der Waals surface area contributed by atoms with Gasteiger partial charge in [0.05, 0.1) is 0 Å². The first kappa shape index (κ1) is 13.0. The average Bonchev–Trinajstić information content (AvgIpc) is 3.21. The summed E-state index contributed by atoms with van der Waals surface area (Å²) >= 11 is 5.98. The molecule has 0 saturated heterocycles. The summed E-state index contributed by atoms with van der Waals surface area (Å²) in [4.78, 5) is 12.6. The normalized spacial score (nSPS) is 27.2. The van der Waals surface area contributed by atoms with Crippen molar-refractivity contribution in [3.8, 4) is 5.95 Å². The van der Waals surface area contributed by atoms with Gasteiger partial charge in [0, 0.05) is 18.9 Å². The van der Waals surface area contributed by atoms with Crippen LogP contribution in [0.25, 0.3) is 5.95 Å². The molecule has 2 heterocycles. The van der Waals surface area contributed by atoms with Crippen molar-refractivity contribution in [2.24, 2.45) is 17.8 Å². The third kappa shape index (κ3) is 2.60. The Balaban J connectivity index is 1.47. The van der Waals surface area contributed by atoms with Crippen molar-refractivity contribution < 1.29 is 0 Å². The monoisotopic (exact) mass is 304 g/mol. The molecule has 2 bridgehead atoms. The molecule has 7 heteroatoms. The first-order valence-electron chi connectivity index (χ1n) is 7.43. The zero-order chi connectivity index (χ0) is 14.2. The van der Waals surface area contributed by atoms with Gasteiger partial charge in [0.15, 0.2) is 0 Å². The van der Waals surface area contributed by atoms with Crippen LogP contribution in [0.4, 0.5) is 5.95 Å². The van der Waals surface area contributed by atoms with E-state index in [0.29, 0.717) is 11.9 Å². The van der Waals surface area contributed by atoms with Crippen molar-refractivity contribution in [3.63, 3.8) is 0 Å². The smallest absolute Gasteiger partial charge is 0.256 e. The summed E-state index contributed by atoms with van der Waals surface area (Å²) in [6.07, 6.45) is 9.01. The molecule has 4 rings (SSSR count). The maximum absolute atomic E-state index is 5.98. The molecule has 0 spiro atoms. The van der Waals surface area contributed by atoms with E-state index in [1.807, 2.05) is 6.07 Å². The van der Waals surface area contributed by atoms with Gasteiger partial charge in [0.1, 0.15) is 0 Å². The van der Waals surface area contributed by atoms with Crippen LogP contribution < -0.4 is 5.32 Å². The first-order chi connectivity index (χ1) is 10.3.